The van der Waals surface area contributed by atoms with Gasteiger partial charge in [-0.25, -0.2) is 0 Å². The maximum atomic E-state index is 11.3. The van der Waals surface area contributed by atoms with E-state index < -0.39 is 0 Å². The van der Waals surface area contributed by atoms with Crippen LogP contribution in [0.15, 0.2) is 36.4 Å². The highest BCUT2D eigenvalue weighted by Gasteiger charge is 2.39. The van der Waals surface area contributed by atoms with Crippen LogP contribution in [0.25, 0.3) is 0 Å². The lowest BCUT2D eigenvalue weighted by Crippen LogP contribution is -2.53. The monoisotopic (exact) mass is 722 g/mol. The van der Waals surface area contributed by atoms with Crippen LogP contribution in [0.5, 0.6) is 0 Å². The van der Waals surface area contributed by atoms with Crippen LogP contribution in [0.1, 0.15) is 102 Å². The van der Waals surface area contributed by atoms with Crippen LogP contribution >= 0.6 is 0 Å². The van der Waals surface area contributed by atoms with Crippen LogP contribution in [0.3, 0.4) is 0 Å². The van der Waals surface area contributed by atoms with Gasteiger partial charge in [-0.1, -0.05) is 12.1 Å². The van der Waals surface area contributed by atoms with Crippen molar-refractivity contribution in [3.8, 4) is 0 Å². The minimum absolute atomic E-state index is 0.169. The molecule has 2 aromatic carbocycles. The minimum Gasteiger partial charge on any atom is -0.381 e. The van der Waals surface area contributed by atoms with Crippen LogP contribution in [-0.4, -0.2) is 95.4 Å². The number of nitrogens with one attached hydrogen (secondary N) is 2. The van der Waals surface area contributed by atoms with Crippen molar-refractivity contribution in [2.45, 2.75) is 140 Å². The first kappa shape index (κ1) is 39.9. The molecule has 0 unspecified atom stereocenters. The normalized spacial score (nSPS) is 28.0. The lowest BCUT2D eigenvalue weighted by molar-refractivity contribution is -0.384. The van der Waals surface area contributed by atoms with Gasteiger partial charge in [-0.3, -0.25) is 30.0 Å². The number of nitro groups is 2. The topological polar surface area (TPSA) is 135 Å². The number of anilines is 2. The van der Waals surface area contributed by atoms with Gasteiger partial charge in [0.1, 0.15) is 11.4 Å². The predicted molar refractivity (Wildman–Crippen MR) is 207 cm³/mol. The maximum absolute atomic E-state index is 11.3. The number of nitro benzene ring substituents is 2. The van der Waals surface area contributed by atoms with E-state index in [0.29, 0.717) is 35.7 Å². The van der Waals surface area contributed by atoms with Crippen LogP contribution in [0, 0.1) is 34.1 Å². The number of likely N-dealkylation sites (tertiary alicyclic amines) is 2. The lowest BCUT2D eigenvalue weighted by Gasteiger charge is -2.48. The van der Waals surface area contributed by atoms with Crippen molar-refractivity contribution in [3.63, 3.8) is 0 Å². The molecule has 2 aromatic rings. The van der Waals surface area contributed by atoms with E-state index in [2.05, 4.69) is 34.3 Å². The molecule has 0 aromatic heterocycles. The summed E-state index contributed by atoms with van der Waals surface area (Å²) in [5.41, 5.74) is 4.27. The van der Waals surface area contributed by atoms with Gasteiger partial charge in [0.2, 0.25) is 0 Å². The van der Waals surface area contributed by atoms with Gasteiger partial charge >= 0.3 is 0 Å². The van der Waals surface area contributed by atoms with E-state index in [0.717, 1.165) is 88.7 Å². The number of ether oxygens (including phenoxy) is 2. The average molecular weight is 723 g/mol. The standard InChI is InChI=1S/2C20H31N3O3/c2*1-15-4-5-19(23(24)25)18(14-15)21-16-8-12-22(13-9-16)20(2)10-6-17(26-3)7-11-20/h2*4-5,14,16-17,21H,6-13H2,1-3H3. The summed E-state index contributed by atoms with van der Waals surface area (Å²) in [4.78, 5) is 27.2. The minimum atomic E-state index is -0.299. The van der Waals surface area contributed by atoms with E-state index in [1.165, 1.54) is 25.7 Å². The number of aryl methyl sites for hydroxylation is 2. The molecule has 2 N–H and O–H groups in total. The molecule has 0 spiro atoms. The Morgan fingerprint density at radius 2 is 0.942 bits per heavy atom. The molecule has 0 atom stereocenters. The Labute approximate surface area is 310 Å². The molecule has 12 nitrogen and oxygen atoms in total. The number of methoxy groups -OCH3 is 2. The number of hydrogen-bond donors (Lipinski definition) is 2. The molecule has 2 saturated heterocycles. The summed E-state index contributed by atoms with van der Waals surface area (Å²) in [5.74, 6) is 0. The summed E-state index contributed by atoms with van der Waals surface area (Å²) in [6.07, 6.45) is 14.2. The van der Waals surface area contributed by atoms with Crippen LogP contribution in [0.2, 0.25) is 0 Å². The summed E-state index contributed by atoms with van der Waals surface area (Å²) in [6.45, 7) is 12.9. The fourth-order valence-electron chi connectivity index (χ4n) is 8.95. The van der Waals surface area contributed by atoms with E-state index in [-0.39, 0.29) is 32.3 Å². The second-order valence-corrected chi connectivity index (χ2v) is 16.2. The summed E-state index contributed by atoms with van der Waals surface area (Å²) in [6, 6.07) is 11.2. The second-order valence-electron chi connectivity index (χ2n) is 16.2. The Morgan fingerprint density at radius 1 is 0.615 bits per heavy atom. The van der Waals surface area contributed by atoms with Crippen LogP contribution in [-0.2, 0) is 9.47 Å². The highest BCUT2D eigenvalue weighted by Crippen LogP contribution is 2.38. The van der Waals surface area contributed by atoms with E-state index >= 15 is 0 Å². The van der Waals surface area contributed by atoms with Gasteiger partial charge in [0.25, 0.3) is 11.4 Å². The molecule has 2 heterocycles. The van der Waals surface area contributed by atoms with Gasteiger partial charge in [-0.05, 0) is 128 Å². The number of nitrogens with zero attached hydrogens (tertiary/aromatic N) is 4. The van der Waals surface area contributed by atoms with E-state index in [1.807, 2.05) is 40.2 Å². The first-order valence-corrected chi connectivity index (χ1v) is 19.4. The smallest absolute Gasteiger partial charge is 0.292 e. The zero-order valence-corrected chi connectivity index (χ0v) is 32.3. The number of piperidine rings is 2. The first-order valence-electron chi connectivity index (χ1n) is 19.4. The van der Waals surface area contributed by atoms with Crippen molar-refractivity contribution in [1.82, 2.24) is 9.80 Å². The molecule has 2 aliphatic heterocycles. The van der Waals surface area contributed by atoms with Crippen molar-refractivity contribution in [2.24, 2.45) is 0 Å². The van der Waals surface area contributed by atoms with Gasteiger partial charge in [0, 0.05) is 75.7 Å². The zero-order chi connectivity index (χ0) is 37.5. The van der Waals surface area contributed by atoms with E-state index in [4.69, 9.17) is 9.47 Å². The van der Waals surface area contributed by atoms with Crippen molar-refractivity contribution < 1.29 is 19.3 Å². The third-order valence-corrected chi connectivity index (χ3v) is 12.6. The molecule has 0 bridgehead atoms. The zero-order valence-electron chi connectivity index (χ0n) is 32.3. The average Bonchev–Trinajstić information content (AvgIpc) is 3.13. The molecule has 2 aliphatic carbocycles. The molecular formula is C40H62N6O6. The van der Waals surface area contributed by atoms with Crippen molar-refractivity contribution in [3.05, 3.63) is 67.8 Å². The first-order chi connectivity index (χ1) is 24.8. The van der Waals surface area contributed by atoms with Crippen molar-refractivity contribution in [2.75, 3.05) is 51.0 Å². The molecule has 52 heavy (non-hydrogen) atoms. The summed E-state index contributed by atoms with van der Waals surface area (Å²) < 4.78 is 11.0. The molecule has 12 heteroatoms. The molecule has 2 saturated carbocycles. The molecule has 6 rings (SSSR count). The van der Waals surface area contributed by atoms with Crippen LogP contribution in [0.4, 0.5) is 22.7 Å². The SMILES string of the molecule is COC1CCC(C)(N2CCC(Nc3cc(C)ccc3[N+](=O)[O-])CC2)CC1.COC1CCC(C)(N2CCC(Nc3cc(C)ccc3[N+](=O)[O-])CC2)CC1. The third-order valence-electron chi connectivity index (χ3n) is 12.6. The summed E-state index contributed by atoms with van der Waals surface area (Å²) in [7, 11) is 3.63. The molecule has 4 fully saturated rings. The molecule has 288 valence electrons. The second kappa shape index (κ2) is 17.7. The number of rotatable bonds is 10. The fraction of sp³-hybridized carbons (Fsp3) is 0.700. The lowest BCUT2D eigenvalue weighted by atomic mass is 9.79. The largest absolute Gasteiger partial charge is 0.381 e. The Bertz CT molecular complexity index is 1380. The predicted octanol–water partition coefficient (Wildman–Crippen LogP) is 8.25. The number of hydrogen-bond acceptors (Lipinski definition) is 10. The fourth-order valence-corrected chi connectivity index (χ4v) is 8.95. The number of benzene rings is 2. The molecule has 0 amide bonds. The Hall–Kier alpha value is -3.32. The summed E-state index contributed by atoms with van der Waals surface area (Å²) >= 11 is 0. The van der Waals surface area contributed by atoms with Gasteiger partial charge in [0.05, 0.1) is 22.1 Å². The van der Waals surface area contributed by atoms with Gasteiger partial charge in [-0.15, -0.1) is 0 Å². The quantitative estimate of drug-likeness (QED) is 0.182. The van der Waals surface area contributed by atoms with Gasteiger partial charge in [-0.2, -0.15) is 0 Å². The molecular weight excluding hydrogens is 660 g/mol. The molecule has 4 aliphatic rings. The highest BCUT2D eigenvalue weighted by atomic mass is 16.6. The van der Waals surface area contributed by atoms with E-state index in [9.17, 15) is 20.2 Å². The highest BCUT2D eigenvalue weighted by molar-refractivity contribution is 5.64. The van der Waals surface area contributed by atoms with Gasteiger partial charge in [0.15, 0.2) is 0 Å². The van der Waals surface area contributed by atoms with E-state index in [1.54, 1.807) is 24.3 Å². The maximum Gasteiger partial charge on any atom is 0.292 e. The Morgan fingerprint density at radius 3 is 1.23 bits per heavy atom. The Balaban J connectivity index is 0.000000201. The molecule has 0 radical (unpaired) electrons. The Kier molecular flexibility index (Phi) is 13.6. The van der Waals surface area contributed by atoms with Gasteiger partial charge < -0.3 is 20.1 Å². The third kappa shape index (κ3) is 10.0. The van der Waals surface area contributed by atoms with Crippen molar-refractivity contribution in [1.29, 1.82) is 0 Å². The van der Waals surface area contributed by atoms with Crippen LogP contribution < -0.4 is 10.6 Å². The summed E-state index contributed by atoms with van der Waals surface area (Å²) in [5, 5.41) is 29.4. The van der Waals surface area contributed by atoms with Crippen molar-refractivity contribution >= 4 is 22.7 Å².